The lowest BCUT2D eigenvalue weighted by Crippen LogP contribution is -2.41. The van der Waals surface area contributed by atoms with E-state index in [1.165, 1.54) is 24.8 Å². The number of nitrogens with one attached hydrogen (secondary N) is 1. The first-order chi connectivity index (χ1) is 9.81. The molecule has 114 valence electrons. The third kappa shape index (κ3) is 6.53. The zero-order valence-corrected chi connectivity index (χ0v) is 13.4. The number of hydrogen-bond acceptors (Lipinski definition) is 2. The van der Waals surface area contributed by atoms with Gasteiger partial charge in [-0.2, -0.15) is 0 Å². The third-order valence-corrected chi connectivity index (χ3v) is 3.71. The summed E-state index contributed by atoms with van der Waals surface area (Å²) in [6.45, 7) is 8.42. The first kappa shape index (κ1) is 17.2. The Morgan fingerprint density at radius 3 is 2.45 bits per heavy atom. The van der Waals surface area contributed by atoms with Crippen LogP contribution in [0.3, 0.4) is 0 Å². The van der Waals surface area contributed by atoms with E-state index in [0.717, 1.165) is 26.0 Å². The fourth-order valence-corrected chi connectivity index (χ4v) is 2.65. The smallest absolute Gasteiger partial charge is 0.0725 e. The molecule has 0 aliphatic rings. The van der Waals surface area contributed by atoms with E-state index in [4.69, 9.17) is 4.74 Å². The van der Waals surface area contributed by atoms with Crippen LogP contribution in [0.5, 0.6) is 0 Å². The second kappa shape index (κ2) is 10.9. The summed E-state index contributed by atoms with van der Waals surface area (Å²) in [6, 6.07) is 11.2. The predicted molar refractivity (Wildman–Crippen MR) is 87.2 cm³/mol. The monoisotopic (exact) mass is 277 g/mol. The summed E-state index contributed by atoms with van der Waals surface area (Å²) in [4.78, 5) is 0. The molecule has 1 N–H and O–H groups in total. The molecule has 0 fully saturated rings. The number of rotatable bonds is 11. The van der Waals surface area contributed by atoms with Crippen molar-refractivity contribution in [2.24, 2.45) is 0 Å². The maximum absolute atomic E-state index is 5.89. The maximum atomic E-state index is 5.89. The number of aryl methyl sites for hydroxylation is 1. The van der Waals surface area contributed by atoms with Crippen LogP contribution >= 0.6 is 0 Å². The highest BCUT2D eigenvalue weighted by molar-refractivity contribution is 5.14. The average molecular weight is 277 g/mol. The summed E-state index contributed by atoms with van der Waals surface area (Å²) in [5.74, 6) is 0. The first-order valence-electron chi connectivity index (χ1n) is 8.20. The molecule has 0 aliphatic heterocycles. The molecule has 0 amide bonds. The molecule has 0 aromatic heterocycles. The Bertz CT molecular complexity index is 325. The molecule has 0 spiro atoms. The number of benzene rings is 1. The quantitative estimate of drug-likeness (QED) is 0.655. The second-order valence-corrected chi connectivity index (χ2v) is 5.34. The van der Waals surface area contributed by atoms with Crippen molar-refractivity contribution in [2.75, 3.05) is 13.2 Å². The van der Waals surface area contributed by atoms with Crippen LogP contribution in [0, 0.1) is 0 Å². The van der Waals surface area contributed by atoms with Crippen molar-refractivity contribution >= 4 is 0 Å². The Morgan fingerprint density at radius 2 is 1.85 bits per heavy atom. The Hall–Kier alpha value is -0.860. The minimum absolute atomic E-state index is 0.349. The molecule has 0 heterocycles. The molecule has 20 heavy (non-hydrogen) atoms. The van der Waals surface area contributed by atoms with E-state index in [1.54, 1.807) is 0 Å². The topological polar surface area (TPSA) is 21.3 Å². The standard InChI is InChI=1S/C18H31NO/c1-4-15-19-17(18(5-2)20-6-3)14-10-13-16-11-8-7-9-12-16/h7-9,11-12,17-19H,4-6,10,13-15H2,1-3H3. The highest BCUT2D eigenvalue weighted by atomic mass is 16.5. The summed E-state index contributed by atoms with van der Waals surface area (Å²) in [6.07, 6.45) is 6.18. The zero-order valence-electron chi connectivity index (χ0n) is 13.4. The number of hydrogen-bond donors (Lipinski definition) is 1. The molecule has 2 unspecified atom stereocenters. The molecule has 2 nitrogen and oxygen atoms in total. The van der Waals surface area contributed by atoms with Crippen LogP contribution in [-0.4, -0.2) is 25.3 Å². The Morgan fingerprint density at radius 1 is 1.10 bits per heavy atom. The van der Waals surface area contributed by atoms with Crippen molar-refractivity contribution in [3.05, 3.63) is 35.9 Å². The van der Waals surface area contributed by atoms with Gasteiger partial charge < -0.3 is 10.1 Å². The van der Waals surface area contributed by atoms with Gasteiger partial charge in [0.2, 0.25) is 0 Å². The lowest BCUT2D eigenvalue weighted by Gasteiger charge is -2.27. The summed E-state index contributed by atoms with van der Waals surface area (Å²) in [5, 5.41) is 3.67. The molecule has 1 rings (SSSR count). The lowest BCUT2D eigenvalue weighted by atomic mass is 9.99. The molecular weight excluding hydrogens is 246 g/mol. The normalized spacial score (nSPS) is 14.2. The molecule has 2 atom stereocenters. The lowest BCUT2D eigenvalue weighted by molar-refractivity contribution is 0.0292. The molecular formula is C18H31NO. The van der Waals surface area contributed by atoms with Crippen molar-refractivity contribution in [2.45, 2.75) is 65.0 Å². The van der Waals surface area contributed by atoms with Gasteiger partial charge in [-0.1, -0.05) is 44.2 Å². The van der Waals surface area contributed by atoms with Crippen LogP contribution in [0.1, 0.15) is 52.0 Å². The van der Waals surface area contributed by atoms with Crippen LogP contribution in [0.15, 0.2) is 30.3 Å². The van der Waals surface area contributed by atoms with Gasteiger partial charge in [0.15, 0.2) is 0 Å². The van der Waals surface area contributed by atoms with Crippen LogP contribution in [0.2, 0.25) is 0 Å². The largest absolute Gasteiger partial charge is 0.377 e. The van der Waals surface area contributed by atoms with Gasteiger partial charge in [0.1, 0.15) is 0 Å². The van der Waals surface area contributed by atoms with Crippen molar-refractivity contribution in [1.29, 1.82) is 0 Å². The highest BCUT2D eigenvalue weighted by Gasteiger charge is 2.19. The van der Waals surface area contributed by atoms with E-state index in [0.29, 0.717) is 12.1 Å². The molecule has 0 saturated carbocycles. The highest BCUT2D eigenvalue weighted by Crippen LogP contribution is 2.13. The minimum atomic E-state index is 0.349. The Kier molecular flexibility index (Phi) is 9.35. The van der Waals surface area contributed by atoms with Gasteiger partial charge in [-0.15, -0.1) is 0 Å². The van der Waals surface area contributed by atoms with Gasteiger partial charge in [-0.05, 0) is 51.1 Å². The Balaban J connectivity index is 2.42. The fraction of sp³-hybridized carbons (Fsp3) is 0.667. The fourth-order valence-electron chi connectivity index (χ4n) is 2.65. The van der Waals surface area contributed by atoms with Gasteiger partial charge in [0.25, 0.3) is 0 Å². The molecule has 2 heteroatoms. The predicted octanol–water partition coefficient (Wildman–Crippen LogP) is 4.19. The van der Waals surface area contributed by atoms with E-state index in [1.807, 2.05) is 0 Å². The molecule has 1 aromatic rings. The van der Waals surface area contributed by atoms with Gasteiger partial charge in [0, 0.05) is 12.6 Å². The summed E-state index contributed by atoms with van der Waals surface area (Å²) in [5.41, 5.74) is 1.44. The maximum Gasteiger partial charge on any atom is 0.0725 e. The van der Waals surface area contributed by atoms with E-state index in [9.17, 15) is 0 Å². The molecule has 0 bridgehead atoms. The second-order valence-electron chi connectivity index (χ2n) is 5.34. The van der Waals surface area contributed by atoms with Crippen LogP contribution in [0.4, 0.5) is 0 Å². The van der Waals surface area contributed by atoms with Crippen LogP contribution < -0.4 is 5.32 Å². The van der Waals surface area contributed by atoms with Gasteiger partial charge >= 0.3 is 0 Å². The van der Waals surface area contributed by atoms with Crippen LogP contribution in [-0.2, 0) is 11.2 Å². The summed E-state index contributed by atoms with van der Waals surface area (Å²) < 4.78 is 5.89. The van der Waals surface area contributed by atoms with Crippen molar-refractivity contribution in [3.63, 3.8) is 0 Å². The third-order valence-electron chi connectivity index (χ3n) is 3.71. The van der Waals surface area contributed by atoms with Crippen molar-refractivity contribution in [1.82, 2.24) is 5.32 Å². The average Bonchev–Trinajstić information content (AvgIpc) is 2.49. The molecule has 0 saturated heterocycles. The summed E-state index contributed by atoms with van der Waals surface area (Å²) in [7, 11) is 0. The number of ether oxygens (including phenoxy) is 1. The van der Waals surface area contributed by atoms with Gasteiger partial charge in [-0.3, -0.25) is 0 Å². The zero-order chi connectivity index (χ0) is 14.6. The summed E-state index contributed by atoms with van der Waals surface area (Å²) >= 11 is 0. The SMILES string of the molecule is CCCNC(CCCc1ccccc1)C(CC)OCC. The van der Waals surface area contributed by atoms with E-state index < -0.39 is 0 Å². The van der Waals surface area contributed by atoms with Crippen molar-refractivity contribution < 1.29 is 4.74 Å². The van der Waals surface area contributed by atoms with E-state index in [2.05, 4.69) is 56.4 Å². The minimum Gasteiger partial charge on any atom is -0.377 e. The molecule has 1 aromatic carbocycles. The van der Waals surface area contributed by atoms with Gasteiger partial charge in [-0.25, -0.2) is 0 Å². The van der Waals surface area contributed by atoms with Gasteiger partial charge in [0.05, 0.1) is 6.10 Å². The Labute approximate surface area is 124 Å². The van der Waals surface area contributed by atoms with E-state index >= 15 is 0 Å². The first-order valence-corrected chi connectivity index (χ1v) is 8.20. The van der Waals surface area contributed by atoms with Crippen molar-refractivity contribution in [3.8, 4) is 0 Å². The van der Waals surface area contributed by atoms with E-state index in [-0.39, 0.29) is 0 Å². The molecule has 0 aliphatic carbocycles. The van der Waals surface area contributed by atoms with Crippen LogP contribution in [0.25, 0.3) is 0 Å². The molecule has 0 radical (unpaired) electrons.